The van der Waals surface area contributed by atoms with Gasteiger partial charge in [0.25, 0.3) is 0 Å². The number of nitrogens with zero attached hydrogens (tertiary/aromatic N) is 2. The number of ether oxygens (including phenoxy) is 1. The first-order valence-electron chi connectivity index (χ1n) is 5.19. The summed E-state index contributed by atoms with van der Waals surface area (Å²) < 4.78 is 18.9. The summed E-state index contributed by atoms with van der Waals surface area (Å²) in [6.07, 6.45) is 4.62. The molecule has 0 amide bonds. The normalized spacial score (nSPS) is 9.61. The van der Waals surface area contributed by atoms with Gasteiger partial charge < -0.3 is 4.74 Å². The van der Waals surface area contributed by atoms with E-state index in [1.807, 2.05) is 0 Å². The number of hydrogen-bond acceptors (Lipinski definition) is 4. The van der Waals surface area contributed by atoms with Crippen LogP contribution in [0.25, 0.3) is 0 Å². The maximum absolute atomic E-state index is 13.5. The minimum absolute atomic E-state index is 0.108. The second-order valence-corrected chi connectivity index (χ2v) is 3.46. The van der Waals surface area contributed by atoms with E-state index < -0.39 is 5.82 Å². The molecule has 1 aromatic heterocycles. The van der Waals surface area contributed by atoms with Crippen molar-refractivity contribution in [2.45, 2.75) is 6.61 Å². The Morgan fingerprint density at radius 1 is 1.28 bits per heavy atom. The predicted octanol–water partition coefficient (Wildman–Crippen LogP) is 2.77. The molecule has 0 unspecified atom stereocenters. The standard InChI is InChI=1S/C13H9FN2O2/c14-12-7-11(16-9-17)1-2-13(12)18-8-10-3-5-15-6-4-10/h1-7H,8H2. The number of halogens is 1. The van der Waals surface area contributed by atoms with Gasteiger partial charge in [-0.05, 0) is 29.8 Å². The van der Waals surface area contributed by atoms with Crippen LogP contribution in [0.5, 0.6) is 5.75 Å². The largest absolute Gasteiger partial charge is 0.486 e. The molecule has 0 aliphatic rings. The first-order chi connectivity index (χ1) is 8.79. The highest BCUT2D eigenvalue weighted by Gasteiger charge is 2.04. The smallest absolute Gasteiger partial charge is 0.240 e. The number of hydrogen-bond donors (Lipinski definition) is 0. The molecule has 0 saturated heterocycles. The zero-order valence-corrected chi connectivity index (χ0v) is 9.34. The SMILES string of the molecule is O=C=Nc1ccc(OCc2ccncc2)c(F)c1. The number of isocyanates is 1. The molecule has 0 atom stereocenters. The summed E-state index contributed by atoms with van der Waals surface area (Å²) in [6, 6.07) is 7.58. The molecule has 4 nitrogen and oxygen atoms in total. The van der Waals surface area contributed by atoms with Crippen LogP contribution >= 0.6 is 0 Å². The number of aromatic nitrogens is 1. The third-order valence-electron chi connectivity index (χ3n) is 2.23. The lowest BCUT2D eigenvalue weighted by molar-refractivity contribution is 0.290. The van der Waals surface area contributed by atoms with Crippen molar-refractivity contribution in [3.63, 3.8) is 0 Å². The Hall–Kier alpha value is -2.52. The second-order valence-electron chi connectivity index (χ2n) is 3.46. The number of carbonyl (C=O) groups excluding carboxylic acids is 1. The lowest BCUT2D eigenvalue weighted by Crippen LogP contribution is -1.97. The molecular formula is C13H9FN2O2. The Morgan fingerprint density at radius 3 is 2.72 bits per heavy atom. The van der Waals surface area contributed by atoms with Crippen LogP contribution in [0.2, 0.25) is 0 Å². The maximum Gasteiger partial charge on any atom is 0.240 e. The van der Waals surface area contributed by atoms with Gasteiger partial charge in [-0.15, -0.1) is 0 Å². The quantitative estimate of drug-likeness (QED) is 0.613. The van der Waals surface area contributed by atoms with E-state index in [0.717, 1.165) is 11.6 Å². The molecule has 0 bridgehead atoms. The van der Waals surface area contributed by atoms with Gasteiger partial charge in [0.05, 0.1) is 5.69 Å². The van der Waals surface area contributed by atoms with Crippen molar-refractivity contribution in [2.75, 3.05) is 0 Å². The molecule has 2 aromatic rings. The summed E-state index contributed by atoms with van der Waals surface area (Å²) in [7, 11) is 0. The molecule has 0 spiro atoms. The van der Waals surface area contributed by atoms with Gasteiger partial charge in [0.2, 0.25) is 6.08 Å². The van der Waals surface area contributed by atoms with Crippen molar-refractivity contribution in [2.24, 2.45) is 4.99 Å². The van der Waals surface area contributed by atoms with E-state index in [1.165, 1.54) is 18.2 Å². The average molecular weight is 244 g/mol. The number of rotatable bonds is 4. The van der Waals surface area contributed by atoms with Crippen molar-refractivity contribution in [3.05, 3.63) is 54.1 Å². The molecule has 2 rings (SSSR count). The summed E-state index contributed by atoms with van der Waals surface area (Å²) in [4.78, 5) is 17.2. The van der Waals surface area contributed by atoms with Gasteiger partial charge in [-0.2, -0.15) is 4.99 Å². The Balaban J connectivity index is 2.08. The van der Waals surface area contributed by atoms with Gasteiger partial charge in [-0.25, -0.2) is 9.18 Å². The van der Waals surface area contributed by atoms with E-state index in [0.29, 0.717) is 0 Å². The minimum Gasteiger partial charge on any atom is -0.486 e. The van der Waals surface area contributed by atoms with Gasteiger partial charge in [0.15, 0.2) is 11.6 Å². The summed E-state index contributed by atoms with van der Waals surface area (Å²) in [5, 5.41) is 0. The second kappa shape index (κ2) is 5.70. The van der Waals surface area contributed by atoms with Crippen LogP contribution in [0.4, 0.5) is 10.1 Å². The molecule has 5 heteroatoms. The number of aliphatic imine (C=N–C) groups is 1. The zero-order valence-electron chi connectivity index (χ0n) is 9.34. The van der Waals surface area contributed by atoms with Crippen LogP contribution in [0.3, 0.4) is 0 Å². The summed E-state index contributed by atoms with van der Waals surface area (Å²) in [5.41, 5.74) is 1.10. The lowest BCUT2D eigenvalue weighted by atomic mass is 10.3. The van der Waals surface area contributed by atoms with Crippen molar-refractivity contribution in [1.29, 1.82) is 0 Å². The fourth-order valence-corrected chi connectivity index (χ4v) is 1.37. The molecule has 0 aliphatic heterocycles. The molecule has 18 heavy (non-hydrogen) atoms. The van der Waals surface area contributed by atoms with Crippen molar-refractivity contribution in [1.82, 2.24) is 4.98 Å². The van der Waals surface area contributed by atoms with E-state index in [1.54, 1.807) is 24.5 Å². The molecule has 0 radical (unpaired) electrons. The van der Waals surface area contributed by atoms with Gasteiger partial charge >= 0.3 is 0 Å². The molecule has 0 saturated carbocycles. The first kappa shape index (κ1) is 12.0. The van der Waals surface area contributed by atoms with Crippen LogP contribution < -0.4 is 4.74 Å². The average Bonchev–Trinajstić information content (AvgIpc) is 2.39. The van der Waals surface area contributed by atoms with E-state index >= 15 is 0 Å². The monoisotopic (exact) mass is 244 g/mol. The molecule has 0 fully saturated rings. The highest BCUT2D eigenvalue weighted by molar-refractivity contribution is 5.50. The maximum atomic E-state index is 13.5. The Bertz CT molecular complexity index is 581. The molecule has 1 aromatic carbocycles. The van der Waals surface area contributed by atoms with Crippen molar-refractivity contribution < 1.29 is 13.9 Å². The zero-order chi connectivity index (χ0) is 12.8. The molecular weight excluding hydrogens is 235 g/mol. The highest BCUT2D eigenvalue weighted by Crippen LogP contribution is 2.23. The van der Waals surface area contributed by atoms with E-state index in [9.17, 15) is 9.18 Å². The molecule has 90 valence electrons. The van der Waals surface area contributed by atoms with Crippen molar-refractivity contribution in [3.8, 4) is 5.75 Å². The van der Waals surface area contributed by atoms with Crippen LogP contribution in [0.15, 0.2) is 47.7 Å². The van der Waals surface area contributed by atoms with Crippen LogP contribution in [-0.2, 0) is 11.4 Å². The molecule has 0 aliphatic carbocycles. The Labute approximate surface area is 103 Å². The number of benzene rings is 1. The Kier molecular flexibility index (Phi) is 3.79. The van der Waals surface area contributed by atoms with Crippen LogP contribution in [0, 0.1) is 5.82 Å². The van der Waals surface area contributed by atoms with Crippen molar-refractivity contribution >= 4 is 11.8 Å². The fraction of sp³-hybridized carbons (Fsp3) is 0.0769. The summed E-state index contributed by atoms with van der Waals surface area (Å²) in [6.45, 7) is 0.246. The van der Waals surface area contributed by atoms with Gasteiger partial charge in [0, 0.05) is 18.5 Å². The van der Waals surface area contributed by atoms with Gasteiger partial charge in [-0.3, -0.25) is 4.98 Å². The van der Waals surface area contributed by atoms with E-state index in [-0.39, 0.29) is 18.0 Å². The highest BCUT2D eigenvalue weighted by atomic mass is 19.1. The Morgan fingerprint density at radius 2 is 2.06 bits per heavy atom. The summed E-state index contributed by atoms with van der Waals surface area (Å²) in [5.74, 6) is -0.461. The van der Waals surface area contributed by atoms with Gasteiger partial charge in [0.1, 0.15) is 6.61 Å². The number of pyridine rings is 1. The third kappa shape index (κ3) is 2.99. The summed E-state index contributed by atoms with van der Waals surface area (Å²) >= 11 is 0. The van der Waals surface area contributed by atoms with Crippen LogP contribution in [-0.4, -0.2) is 11.1 Å². The van der Waals surface area contributed by atoms with Gasteiger partial charge in [-0.1, -0.05) is 0 Å². The molecule has 0 N–H and O–H groups in total. The predicted molar refractivity (Wildman–Crippen MR) is 62.8 cm³/mol. The molecule has 1 heterocycles. The lowest BCUT2D eigenvalue weighted by Gasteiger charge is -2.07. The first-order valence-corrected chi connectivity index (χ1v) is 5.19. The van der Waals surface area contributed by atoms with E-state index in [4.69, 9.17) is 4.74 Å². The minimum atomic E-state index is -0.569. The topological polar surface area (TPSA) is 51.5 Å². The van der Waals surface area contributed by atoms with E-state index in [2.05, 4.69) is 9.98 Å². The van der Waals surface area contributed by atoms with Crippen LogP contribution in [0.1, 0.15) is 5.56 Å². The third-order valence-corrected chi connectivity index (χ3v) is 2.23. The fourth-order valence-electron chi connectivity index (χ4n) is 1.37.